The molecule has 8 unspecified atom stereocenters. The van der Waals surface area contributed by atoms with Crippen LogP contribution in [-0.2, 0) is 23.9 Å². The largest absolute Gasteiger partial charge is 0.481 e. The second-order valence-electron chi connectivity index (χ2n) is 16.4. The van der Waals surface area contributed by atoms with Crippen LogP contribution < -0.4 is 0 Å². The molecule has 7 heteroatoms. The molecule has 44 heavy (non-hydrogen) atoms. The normalized spacial score (nSPS) is 36.2. The zero-order valence-electron chi connectivity index (χ0n) is 28.8. The Morgan fingerprint density at radius 3 is 2.23 bits per heavy atom. The number of carboxylic acids is 1. The molecular weight excluding hydrogens is 556 g/mol. The summed E-state index contributed by atoms with van der Waals surface area (Å²) in [6.07, 6.45) is 10.7. The number of methoxy groups -OCH3 is 1. The Balaban J connectivity index is 1.55. The highest BCUT2D eigenvalue weighted by atomic mass is 16.5. The van der Waals surface area contributed by atoms with E-state index in [1.54, 1.807) is 11.1 Å². The van der Waals surface area contributed by atoms with E-state index in [4.69, 9.17) is 4.74 Å². The molecule has 8 atom stereocenters. The van der Waals surface area contributed by atoms with Crippen molar-refractivity contribution in [3.8, 4) is 0 Å². The maximum Gasteiger partial charge on any atom is 0.309 e. The molecule has 7 nitrogen and oxygen atoms in total. The summed E-state index contributed by atoms with van der Waals surface area (Å²) in [5.74, 6) is -1.47. The highest BCUT2D eigenvalue weighted by Gasteiger charge is 2.64. The molecule has 0 aliphatic heterocycles. The van der Waals surface area contributed by atoms with Crippen molar-refractivity contribution in [2.45, 2.75) is 144 Å². The van der Waals surface area contributed by atoms with Gasteiger partial charge >= 0.3 is 17.9 Å². The Hall–Kier alpha value is -2.15. The van der Waals surface area contributed by atoms with Gasteiger partial charge in [-0.3, -0.25) is 14.4 Å². The first-order valence-corrected chi connectivity index (χ1v) is 16.9. The number of allylic oxidation sites excluding steroid dienone is 4. The molecule has 0 aromatic carbocycles. The second-order valence-corrected chi connectivity index (χ2v) is 16.4. The Morgan fingerprint density at radius 1 is 0.955 bits per heavy atom. The molecule has 2 fully saturated rings. The molecule has 0 amide bonds. The van der Waals surface area contributed by atoms with Crippen LogP contribution in [0.15, 0.2) is 22.8 Å². The van der Waals surface area contributed by atoms with Gasteiger partial charge in [0.25, 0.3) is 0 Å². The number of hydrogen-bond acceptors (Lipinski definition) is 6. The molecule has 2 saturated carbocycles. The summed E-state index contributed by atoms with van der Waals surface area (Å²) < 4.78 is 10.7. The van der Waals surface area contributed by atoms with Gasteiger partial charge in [0, 0.05) is 5.41 Å². The Morgan fingerprint density at radius 2 is 1.61 bits per heavy atom. The minimum absolute atomic E-state index is 0.00210. The maximum absolute atomic E-state index is 13.0. The fourth-order valence-electron chi connectivity index (χ4n) is 10.6. The van der Waals surface area contributed by atoms with Crippen LogP contribution in [0.2, 0.25) is 0 Å². The highest BCUT2D eigenvalue weighted by molar-refractivity contribution is 5.75. The Bertz CT molecular complexity index is 1210. The van der Waals surface area contributed by atoms with E-state index in [9.17, 15) is 24.6 Å². The highest BCUT2D eigenvalue weighted by Crippen LogP contribution is 2.72. The van der Waals surface area contributed by atoms with E-state index in [1.807, 2.05) is 0 Å². The molecule has 248 valence electrons. The minimum Gasteiger partial charge on any atom is -0.481 e. The summed E-state index contributed by atoms with van der Waals surface area (Å²) in [5.41, 5.74) is 2.65. The standard InChI is InChI=1S/C37H58O7/c1-23(2)11-10-12-24(32(40)41)25-15-19-37(8)27-13-14-28-33(3,4)29(44-31(39)22-34(5,42)21-30(38)43-9)17-18-35(28,6)26(27)16-20-36(25,37)7/h11,24-25,28-29,42H,10,12-22H2,1-9H3,(H,40,41). The second kappa shape index (κ2) is 12.2. The number of carbonyl (C=O) groups is 3. The molecule has 0 heterocycles. The molecule has 2 N–H and O–H groups in total. The molecule has 4 rings (SSSR count). The van der Waals surface area contributed by atoms with Crippen LogP contribution in [0, 0.1) is 39.4 Å². The lowest BCUT2D eigenvalue weighted by Crippen LogP contribution is -2.56. The first-order chi connectivity index (χ1) is 20.3. The number of aliphatic hydroxyl groups is 1. The van der Waals surface area contributed by atoms with Gasteiger partial charge in [-0.2, -0.15) is 0 Å². The first-order valence-electron chi connectivity index (χ1n) is 16.9. The van der Waals surface area contributed by atoms with Crippen LogP contribution >= 0.6 is 0 Å². The summed E-state index contributed by atoms with van der Waals surface area (Å²) in [6.45, 7) is 17.4. The van der Waals surface area contributed by atoms with Gasteiger partial charge in [0.2, 0.25) is 0 Å². The van der Waals surface area contributed by atoms with Crippen LogP contribution in [0.5, 0.6) is 0 Å². The van der Waals surface area contributed by atoms with Gasteiger partial charge in [-0.15, -0.1) is 0 Å². The van der Waals surface area contributed by atoms with E-state index in [0.717, 1.165) is 57.8 Å². The predicted molar refractivity (Wildman–Crippen MR) is 171 cm³/mol. The summed E-state index contributed by atoms with van der Waals surface area (Å²) >= 11 is 0. The third kappa shape index (κ3) is 6.03. The van der Waals surface area contributed by atoms with Crippen molar-refractivity contribution < 1.29 is 34.1 Å². The van der Waals surface area contributed by atoms with Crippen LogP contribution in [-0.4, -0.2) is 46.9 Å². The topological polar surface area (TPSA) is 110 Å². The molecule has 0 aromatic rings. The summed E-state index contributed by atoms with van der Waals surface area (Å²) in [4.78, 5) is 37.3. The monoisotopic (exact) mass is 614 g/mol. The summed E-state index contributed by atoms with van der Waals surface area (Å²) in [5, 5.41) is 21.0. The first kappa shape index (κ1) is 34.7. The van der Waals surface area contributed by atoms with Crippen LogP contribution in [0.3, 0.4) is 0 Å². The number of aliphatic carboxylic acids is 1. The Kier molecular flexibility index (Phi) is 9.64. The van der Waals surface area contributed by atoms with E-state index < -0.39 is 23.5 Å². The predicted octanol–water partition coefficient (Wildman–Crippen LogP) is 7.80. The van der Waals surface area contributed by atoms with E-state index in [-0.39, 0.29) is 52.4 Å². The lowest BCUT2D eigenvalue weighted by molar-refractivity contribution is -0.174. The van der Waals surface area contributed by atoms with Gasteiger partial charge in [-0.05, 0) is 113 Å². The molecular formula is C37H58O7. The van der Waals surface area contributed by atoms with Crippen molar-refractivity contribution in [1.82, 2.24) is 0 Å². The van der Waals surface area contributed by atoms with E-state index in [2.05, 4.69) is 59.3 Å². The summed E-state index contributed by atoms with van der Waals surface area (Å²) in [7, 11) is 1.27. The molecule has 0 bridgehead atoms. The lowest BCUT2D eigenvalue weighted by Gasteiger charge is -2.62. The van der Waals surface area contributed by atoms with Crippen LogP contribution in [0.25, 0.3) is 0 Å². The minimum atomic E-state index is -1.52. The van der Waals surface area contributed by atoms with Gasteiger partial charge in [0.1, 0.15) is 6.10 Å². The van der Waals surface area contributed by atoms with Gasteiger partial charge in [0.15, 0.2) is 0 Å². The third-order valence-electron chi connectivity index (χ3n) is 13.1. The number of ether oxygens (including phenoxy) is 2. The molecule has 4 aliphatic carbocycles. The van der Waals surface area contributed by atoms with Gasteiger partial charge in [-0.25, -0.2) is 0 Å². The Labute approximate surface area is 265 Å². The van der Waals surface area contributed by atoms with E-state index in [0.29, 0.717) is 12.3 Å². The van der Waals surface area contributed by atoms with Crippen molar-refractivity contribution in [2.24, 2.45) is 39.4 Å². The van der Waals surface area contributed by atoms with Gasteiger partial charge in [-0.1, -0.05) is 57.4 Å². The fourth-order valence-corrected chi connectivity index (χ4v) is 10.6. The molecule has 0 spiro atoms. The fraction of sp³-hybridized carbons (Fsp3) is 0.811. The van der Waals surface area contributed by atoms with Crippen molar-refractivity contribution in [3.05, 3.63) is 22.8 Å². The molecule has 0 aromatic heterocycles. The third-order valence-corrected chi connectivity index (χ3v) is 13.1. The van der Waals surface area contributed by atoms with Gasteiger partial charge < -0.3 is 19.7 Å². The molecule has 0 saturated heterocycles. The van der Waals surface area contributed by atoms with Crippen molar-refractivity contribution in [1.29, 1.82) is 0 Å². The number of carbonyl (C=O) groups excluding carboxylic acids is 2. The quantitative estimate of drug-likeness (QED) is 0.191. The number of hydrogen-bond donors (Lipinski definition) is 2. The van der Waals surface area contributed by atoms with Crippen LogP contribution in [0.1, 0.15) is 132 Å². The zero-order valence-corrected chi connectivity index (χ0v) is 28.8. The molecule has 4 aliphatic rings. The summed E-state index contributed by atoms with van der Waals surface area (Å²) in [6, 6.07) is 0. The molecule has 0 radical (unpaired) electrons. The van der Waals surface area contributed by atoms with Gasteiger partial charge in [0.05, 0.1) is 31.5 Å². The van der Waals surface area contributed by atoms with Crippen molar-refractivity contribution in [2.75, 3.05) is 7.11 Å². The number of esters is 2. The van der Waals surface area contributed by atoms with E-state index in [1.165, 1.54) is 19.6 Å². The number of rotatable bonds is 10. The average Bonchev–Trinajstić information content (AvgIpc) is 3.18. The van der Waals surface area contributed by atoms with Crippen molar-refractivity contribution in [3.63, 3.8) is 0 Å². The van der Waals surface area contributed by atoms with Crippen LogP contribution in [0.4, 0.5) is 0 Å². The lowest BCUT2D eigenvalue weighted by atomic mass is 9.43. The SMILES string of the molecule is COC(=O)CC(C)(O)CC(=O)OC1CCC2(C)C3=C(CCC2C1(C)C)C1(C)CCC(C(CCC=C(C)C)C(=O)O)C1(C)CC3. The number of fused-ring (bicyclic) bond motifs is 4. The average molecular weight is 615 g/mol. The van der Waals surface area contributed by atoms with E-state index >= 15 is 0 Å². The number of carboxylic acid groups (broad SMARTS) is 1. The maximum atomic E-state index is 13.0. The van der Waals surface area contributed by atoms with Crippen molar-refractivity contribution >= 4 is 17.9 Å². The zero-order chi connectivity index (χ0) is 32.9. The smallest absolute Gasteiger partial charge is 0.309 e.